The molecule has 1 atom stereocenters. The molecule has 0 bridgehead atoms. The van der Waals surface area contributed by atoms with Gasteiger partial charge in [-0.2, -0.15) is 0 Å². The highest BCUT2D eigenvalue weighted by Crippen LogP contribution is 2.50. The number of pyridine rings is 1. The maximum atomic E-state index is 12.3. The highest BCUT2D eigenvalue weighted by Gasteiger charge is 2.33. The molecule has 192 valence electrons. The lowest BCUT2D eigenvalue weighted by Gasteiger charge is -2.32. The molecule has 7 heteroatoms. The van der Waals surface area contributed by atoms with Gasteiger partial charge >= 0.3 is 5.97 Å². The van der Waals surface area contributed by atoms with Gasteiger partial charge in [0.2, 0.25) is 0 Å². The van der Waals surface area contributed by atoms with Gasteiger partial charge in [0.05, 0.1) is 18.9 Å². The van der Waals surface area contributed by atoms with Crippen molar-refractivity contribution < 1.29 is 19.4 Å². The minimum absolute atomic E-state index is 0.158. The zero-order valence-electron chi connectivity index (χ0n) is 21.0. The Morgan fingerprint density at radius 3 is 2.55 bits per heavy atom. The average molecular weight is 571 g/mol. The highest BCUT2D eigenvalue weighted by atomic mass is 79.9. The Hall–Kier alpha value is -3.68. The van der Waals surface area contributed by atoms with Crippen molar-refractivity contribution in [3.05, 3.63) is 88.5 Å². The van der Waals surface area contributed by atoms with Gasteiger partial charge in [-0.25, -0.2) is 0 Å². The topological polar surface area (TPSA) is 71.9 Å². The van der Waals surface area contributed by atoms with Crippen LogP contribution in [0.5, 0.6) is 5.75 Å². The number of hydrogen-bond acceptors (Lipinski definition) is 6. The summed E-state index contributed by atoms with van der Waals surface area (Å²) in [5, 5.41) is 11.2. The molecule has 1 aliphatic carbocycles. The van der Waals surface area contributed by atoms with Crippen LogP contribution in [-0.2, 0) is 20.7 Å². The van der Waals surface area contributed by atoms with E-state index in [1.165, 1.54) is 6.92 Å². The number of carbonyl (C=O) groups is 1. The Bertz CT molecular complexity index is 1510. The van der Waals surface area contributed by atoms with Crippen molar-refractivity contribution in [1.82, 2.24) is 4.98 Å². The van der Waals surface area contributed by atoms with E-state index in [4.69, 9.17) is 14.5 Å². The molecule has 0 saturated carbocycles. The van der Waals surface area contributed by atoms with Crippen molar-refractivity contribution in [3.63, 3.8) is 0 Å². The number of benzene rings is 3. The second kappa shape index (κ2) is 10.2. The largest absolute Gasteiger partial charge is 0.507 e. The summed E-state index contributed by atoms with van der Waals surface area (Å²) in [4.78, 5) is 19.3. The van der Waals surface area contributed by atoms with Gasteiger partial charge in [-0.15, -0.1) is 0 Å². The van der Waals surface area contributed by atoms with Crippen LogP contribution in [0, 0.1) is 0 Å². The first-order valence-electron chi connectivity index (χ1n) is 12.7. The number of esters is 1. The first kappa shape index (κ1) is 24.6. The molecule has 2 heterocycles. The van der Waals surface area contributed by atoms with Crippen LogP contribution < -0.4 is 4.90 Å². The molecule has 6 rings (SSSR count). The summed E-state index contributed by atoms with van der Waals surface area (Å²) in [5.41, 5.74) is 8.28. The number of hydrogen-bond donors (Lipinski definition) is 1. The van der Waals surface area contributed by atoms with E-state index in [2.05, 4.69) is 33.0 Å². The third-order valence-corrected chi connectivity index (χ3v) is 7.77. The van der Waals surface area contributed by atoms with Crippen molar-refractivity contribution >= 4 is 27.6 Å². The standard InChI is InChI=1S/C31H27BrN2O4/c1-19(35)38-29-18-26-24(27-17-22(11-12-33-27)34-13-15-37-16-14-34)3-2-4-25(26)30-28(36)10-9-23(31(29)30)20-5-7-21(32)8-6-20/h2-12,17,29,36H,13-16,18H2,1H3. The van der Waals surface area contributed by atoms with E-state index in [9.17, 15) is 9.90 Å². The smallest absolute Gasteiger partial charge is 0.303 e. The molecule has 1 aromatic heterocycles. The zero-order valence-corrected chi connectivity index (χ0v) is 22.6. The van der Waals surface area contributed by atoms with Gasteiger partial charge in [-0.05, 0) is 52.6 Å². The molecule has 4 aromatic rings. The lowest BCUT2D eigenvalue weighted by atomic mass is 9.77. The summed E-state index contributed by atoms with van der Waals surface area (Å²) in [7, 11) is 0. The minimum atomic E-state index is -0.552. The van der Waals surface area contributed by atoms with Crippen LogP contribution in [0.15, 0.2) is 77.4 Å². The first-order chi connectivity index (χ1) is 18.5. The molecule has 0 spiro atoms. The maximum absolute atomic E-state index is 12.3. The van der Waals surface area contributed by atoms with Crippen LogP contribution in [0.4, 0.5) is 5.69 Å². The summed E-state index contributed by atoms with van der Waals surface area (Å²) in [6.07, 6.45) is 1.77. The molecular weight excluding hydrogens is 544 g/mol. The van der Waals surface area contributed by atoms with E-state index >= 15 is 0 Å². The number of nitrogens with zero attached hydrogens (tertiary/aromatic N) is 2. The number of phenolic OH excluding ortho intramolecular Hbond substituents is 1. The monoisotopic (exact) mass is 570 g/mol. The highest BCUT2D eigenvalue weighted by molar-refractivity contribution is 9.10. The summed E-state index contributed by atoms with van der Waals surface area (Å²) in [6, 6.07) is 21.8. The molecule has 6 nitrogen and oxygen atoms in total. The molecule has 1 N–H and O–H groups in total. The number of halogens is 1. The molecule has 1 fully saturated rings. The van der Waals surface area contributed by atoms with Crippen molar-refractivity contribution in [1.29, 1.82) is 0 Å². The van der Waals surface area contributed by atoms with E-state index < -0.39 is 6.10 Å². The molecule has 1 saturated heterocycles. The summed E-state index contributed by atoms with van der Waals surface area (Å²) in [6.45, 7) is 4.52. The number of fused-ring (bicyclic) bond motifs is 3. The van der Waals surface area contributed by atoms with Gasteiger partial charge < -0.3 is 19.5 Å². The SMILES string of the molecule is CC(=O)OC1Cc2c(-c3cc(N4CCOCC4)ccn3)cccc2-c2c(O)ccc(-c3ccc(Br)cc3)c21. The number of rotatable bonds is 4. The predicted octanol–water partition coefficient (Wildman–Crippen LogP) is 6.55. The van der Waals surface area contributed by atoms with E-state index in [1.54, 1.807) is 6.07 Å². The van der Waals surface area contributed by atoms with Gasteiger partial charge in [0.25, 0.3) is 0 Å². The normalized spacial score (nSPS) is 16.5. The maximum Gasteiger partial charge on any atom is 0.303 e. The number of carbonyl (C=O) groups excluding carboxylic acids is 1. The average Bonchev–Trinajstić information content (AvgIpc) is 2.94. The van der Waals surface area contributed by atoms with Gasteiger partial charge in [0, 0.05) is 59.5 Å². The van der Waals surface area contributed by atoms with E-state index in [0.717, 1.165) is 62.3 Å². The van der Waals surface area contributed by atoms with Crippen LogP contribution >= 0.6 is 15.9 Å². The lowest BCUT2D eigenvalue weighted by Crippen LogP contribution is -2.36. The molecule has 1 unspecified atom stereocenters. The fourth-order valence-electron chi connectivity index (χ4n) is 5.56. The summed E-state index contributed by atoms with van der Waals surface area (Å²) in [5.74, 6) is -0.203. The Labute approximate surface area is 230 Å². The summed E-state index contributed by atoms with van der Waals surface area (Å²) < 4.78 is 12.4. The van der Waals surface area contributed by atoms with Crippen molar-refractivity contribution in [2.45, 2.75) is 19.4 Å². The Morgan fingerprint density at radius 2 is 1.79 bits per heavy atom. The third-order valence-electron chi connectivity index (χ3n) is 7.24. The van der Waals surface area contributed by atoms with Crippen LogP contribution in [0.1, 0.15) is 24.2 Å². The molecule has 38 heavy (non-hydrogen) atoms. The van der Waals surface area contributed by atoms with E-state index in [0.29, 0.717) is 25.2 Å². The predicted molar refractivity (Wildman–Crippen MR) is 151 cm³/mol. The second-order valence-corrected chi connectivity index (χ2v) is 10.5. The van der Waals surface area contributed by atoms with Gasteiger partial charge in [0.1, 0.15) is 11.9 Å². The second-order valence-electron chi connectivity index (χ2n) is 9.56. The number of aromatic nitrogens is 1. The Morgan fingerprint density at radius 1 is 1.03 bits per heavy atom. The van der Waals surface area contributed by atoms with Gasteiger partial charge in [-0.1, -0.05) is 52.3 Å². The summed E-state index contributed by atoms with van der Waals surface area (Å²) >= 11 is 3.51. The van der Waals surface area contributed by atoms with Gasteiger partial charge in [0.15, 0.2) is 0 Å². The van der Waals surface area contributed by atoms with Crippen LogP contribution in [0.25, 0.3) is 33.5 Å². The quantitative estimate of drug-likeness (QED) is 0.280. The van der Waals surface area contributed by atoms with Crippen molar-refractivity contribution in [2.24, 2.45) is 0 Å². The fourth-order valence-corrected chi connectivity index (χ4v) is 5.83. The molecule has 0 radical (unpaired) electrons. The molecule has 1 aliphatic heterocycles. The lowest BCUT2D eigenvalue weighted by molar-refractivity contribution is -0.146. The molecule has 2 aliphatic rings. The minimum Gasteiger partial charge on any atom is -0.507 e. The van der Waals surface area contributed by atoms with Crippen molar-refractivity contribution in [2.75, 3.05) is 31.2 Å². The number of aromatic hydroxyl groups is 1. The number of ether oxygens (including phenoxy) is 2. The molecule has 0 amide bonds. The third kappa shape index (κ3) is 4.57. The van der Waals surface area contributed by atoms with Gasteiger partial charge in [-0.3, -0.25) is 9.78 Å². The zero-order chi connectivity index (χ0) is 26.2. The first-order valence-corrected chi connectivity index (χ1v) is 13.5. The van der Waals surface area contributed by atoms with Crippen LogP contribution in [0.3, 0.4) is 0 Å². The number of morpholine rings is 1. The molecular formula is C31H27BrN2O4. The fraction of sp³-hybridized carbons (Fsp3) is 0.226. The van der Waals surface area contributed by atoms with Crippen LogP contribution in [-0.4, -0.2) is 42.4 Å². The Kier molecular flexibility index (Phi) is 6.64. The van der Waals surface area contributed by atoms with Crippen molar-refractivity contribution in [3.8, 4) is 39.3 Å². The van der Waals surface area contributed by atoms with E-state index in [-0.39, 0.29) is 11.7 Å². The Balaban J connectivity index is 1.52. The van der Waals surface area contributed by atoms with Crippen LogP contribution in [0.2, 0.25) is 0 Å². The van der Waals surface area contributed by atoms with E-state index in [1.807, 2.05) is 54.7 Å². The molecule has 3 aromatic carbocycles. The number of phenols is 1. The number of anilines is 1.